The molecule has 1 aromatic rings. The van der Waals surface area contributed by atoms with Gasteiger partial charge in [0, 0.05) is 16.6 Å². The molecule has 88 valence electrons. The van der Waals surface area contributed by atoms with Crippen molar-refractivity contribution in [3.63, 3.8) is 0 Å². The molecule has 1 aliphatic heterocycles. The summed E-state index contributed by atoms with van der Waals surface area (Å²) in [5.74, 6) is -0.259. The van der Waals surface area contributed by atoms with Gasteiger partial charge in [-0.2, -0.15) is 0 Å². The van der Waals surface area contributed by atoms with E-state index in [0.29, 0.717) is 5.56 Å². The van der Waals surface area contributed by atoms with E-state index >= 15 is 0 Å². The van der Waals surface area contributed by atoms with Gasteiger partial charge in [-0.3, -0.25) is 0 Å². The Morgan fingerprint density at radius 3 is 2.94 bits per heavy atom. The molecule has 0 saturated carbocycles. The zero-order valence-electron chi connectivity index (χ0n) is 8.96. The highest BCUT2D eigenvalue weighted by Crippen LogP contribution is 2.28. The summed E-state index contributed by atoms with van der Waals surface area (Å²) < 4.78 is 20.0. The van der Waals surface area contributed by atoms with Crippen LogP contribution in [0.1, 0.15) is 30.9 Å². The highest BCUT2D eigenvalue weighted by molar-refractivity contribution is 9.10. The van der Waals surface area contributed by atoms with Crippen LogP contribution in [0.2, 0.25) is 0 Å². The van der Waals surface area contributed by atoms with Crippen LogP contribution >= 0.6 is 15.9 Å². The number of hydrogen-bond acceptors (Lipinski definition) is 2. The molecular formula is C12H15BrFNO. The monoisotopic (exact) mass is 287 g/mol. The summed E-state index contributed by atoms with van der Waals surface area (Å²) >= 11 is 3.33. The molecule has 1 aliphatic rings. The Labute approximate surface area is 103 Å². The predicted molar refractivity (Wildman–Crippen MR) is 64.6 cm³/mol. The number of nitrogens with two attached hydrogens (primary N) is 1. The average Bonchev–Trinajstić information content (AvgIpc) is 2.32. The average molecular weight is 288 g/mol. The van der Waals surface area contributed by atoms with Crippen molar-refractivity contribution in [1.82, 2.24) is 0 Å². The summed E-state index contributed by atoms with van der Waals surface area (Å²) in [6.45, 7) is 0.730. The van der Waals surface area contributed by atoms with Crippen LogP contribution in [0.5, 0.6) is 0 Å². The Balaban J connectivity index is 2.18. The van der Waals surface area contributed by atoms with Crippen LogP contribution in [0, 0.1) is 5.82 Å². The Bertz CT molecular complexity index is 366. The second-order valence-electron chi connectivity index (χ2n) is 4.10. The number of halogens is 2. The van der Waals surface area contributed by atoms with Crippen molar-refractivity contribution >= 4 is 15.9 Å². The highest BCUT2D eigenvalue weighted by Gasteiger charge is 2.24. The molecule has 1 aromatic carbocycles. The van der Waals surface area contributed by atoms with E-state index < -0.39 is 0 Å². The molecule has 0 bridgehead atoms. The Morgan fingerprint density at radius 2 is 2.25 bits per heavy atom. The minimum absolute atomic E-state index is 0.0578. The zero-order valence-corrected chi connectivity index (χ0v) is 10.5. The van der Waals surface area contributed by atoms with E-state index in [9.17, 15) is 4.39 Å². The maximum absolute atomic E-state index is 13.6. The normalized spacial score (nSPS) is 23.1. The van der Waals surface area contributed by atoms with Crippen molar-refractivity contribution in [1.29, 1.82) is 0 Å². The summed E-state index contributed by atoms with van der Waals surface area (Å²) in [6.07, 6.45) is 3.03. The summed E-state index contributed by atoms with van der Waals surface area (Å²) in [5.41, 5.74) is 6.58. The second kappa shape index (κ2) is 5.25. The standard InChI is InChI=1S/C12H15BrFNO/c13-8-4-5-10(14)9(7-8)12(15)11-3-1-2-6-16-11/h4-5,7,11-12H,1-3,6,15H2. The molecule has 1 fully saturated rings. The van der Waals surface area contributed by atoms with E-state index in [0.717, 1.165) is 30.3 Å². The fraction of sp³-hybridized carbons (Fsp3) is 0.500. The smallest absolute Gasteiger partial charge is 0.128 e. The third-order valence-electron chi connectivity index (χ3n) is 2.93. The molecule has 16 heavy (non-hydrogen) atoms. The Kier molecular flexibility index (Phi) is 3.95. The zero-order chi connectivity index (χ0) is 11.5. The number of rotatable bonds is 2. The van der Waals surface area contributed by atoms with Crippen LogP contribution in [0.15, 0.2) is 22.7 Å². The third kappa shape index (κ3) is 2.62. The maximum Gasteiger partial charge on any atom is 0.128 e. The van der Waals surface area contributed by atoms with Crippen LogP contribution in [0.3, 0.4) is 0 Å². The van der Waals surface area contributed by atoms with Crippen molar-refractivity contribution in [3.8, 4) is 0 Å². The van der Waals surface area contributed by atoms with E-state index in [2.05, 4.69) is 15.9 Å². The predicted octanol–water partition coefficient (Wildman–Crippen LogP) is 3.16. The van der Waals surface area contributed by atoms with Crippen molar-refractivity contribution in [3.05, 3.63) is 34.1 Å². The molecule has 2 nitrogen and oxygen atoms in total. The van der Waals surface area contributed by atoms with E-state index in [1.165, 1.54) is 6.07 Å². The first-order valence-electron chi connectivity index (χ1n) is 5.50. The first-order valence-corrected chi connectivity index (χ1v) is 6.30. The van der Waals surface area contributed by atoms with Gasteiger partial charge < -0.3 is 10.5 Å². The van der Waals surface area contributed by atoms with Crippen LogP contribution in [-0.4, -0.2) is 12.7 Å². The van der Waals surface area contributed by atoms with E-state index in [1.807, 2.05) is 0 Å². The first kappa shape index (κ1) is 12.0. The van der Waals surface area contributed by atoms with Gasteiger partial charge in [0.05, 0.1) is 12.1 Å². The lowest BCUT2D eigenvalue weighted by molar-refractivity contribution is -0.000627. The fourth-order valence-electron chi connectivity index (χ4n) is 2.02. The van der Waals surface area contributed by atoms with Gasteiger partial charge in [-0.1, -0.05) is 15.9 Å². The molecule has 0 radical (unpaired) electrons. The molecule has 2 rings (SSSR count). The van der Waals surface area contributed by atoms with Crippen LogP contribution in [-0.2, 0) is 4.74 Å². The SMILES string of the molecule is NC(c1cc(Br)ccc1F)C1CCCCO1. The summed E-state index contributed by atoms with van der Waals surface area (Å²) in [7, 11) is 0. The minimum Gasteiger partial charge on any atom is -0.376 e. The topological polar surface area (TPSA) is 35.2 Å². The largest absolute Gasteiger partial charge is 0.376 e. The van der Waals surface area contributed by atoms with E-state index in [-0.39, 0.29) is 18.0 Å². The quantitative estimate of drug-likeness (QED) is 0.907. The molecule has 1 heterocycles. The summed E-state index contributed by atoms with van der Waals surface area (Å²) in [5, 5.41) is 0. The summed E-state index contributed by atoms with van der Waals surface area (Å²) in [4.78, 5) is 0. The Morgan fingerprint density at radius 1 is 1.44 bits per heavy atom. The Hall–Kier alpha value is -0.450. The van der Waals surface area contributed by atoms with Gasteiger partial charge in [-0.25, -0.2) is 4.39 Å². The van der Waals surface area contributed by atoms with Gasteiger partial charge in [0.1, 0.15) is 5.82 Å². The van der Waals surface area contributed by atoms with E-state index in [4.69, 9.17) is 10.5 Å². The van der Waals surface area contributed by atoms with Gasteiger partial charge in [-0.05, 0) is 37.5 Å². The summed E-state index contributed by atoms with van der Waals surface area (Å²) in [6, 6.07) is 4.46. The fourth-order valence-corrected chi connectivity index (χ4v) is 2.40. The molecule has 2 N–H and O–H groups in total. The van der Waals surface area contributed by atoms with Crippen molar-refractivity contribution < 1.29 is 9.13 Å². The van der Waals surface area contributed by atoms with Crippen LogP contribution < -0.4 is 5.73 Å². The molecule has 0 aliphatic carbocycles. The number of benzene rings is 1. The van der Waals surface area contributed by atoms with Gasteiger partial charge in [0.2, 0.25) is 0 Å². The number of hydrogen-bond donors (Lipinski definition) is 1. The molecule has 0 aromatic heterocycles. The van der Waals surface area contributed by atoms with Crippen molar-refractivity contribution in [2.45, 2.75) is 31.4 Å². The molecule has 2 unspecified atom stereocenters. The van der Waals surface area contributed by atoms with Crippen LogP contribution in [0.25, 0.3) is 0 Å². The number of ether oxygens (including phenoxy) is 1. The molecule has 1 saturated heterocycles. The molecule has 4 heteroatoms. The van der Waals surface area contributed by atoms with Gasteiger partial charge in [0.25, 0.3) is 0 Å². The van der Waals surface area contributed by atoms with Gasteiger partial charge >= 0.3 is 0 Å². The lowest BCUT2D eigenvalue weighted by atomic mass is 9.96. The molecule has 0 spiro atoms. The molecule has 0 amide bonds. The highest BCUT2D eigenvalue weighted by atomic mass is 79.9. The molecule has 2 atom stereocenters. The van der Waals surface area contributed by atoms with Crippen molar-refractivity contribution in [2.24, 2.45) is 5.73 Å². The minimum atomic E-state index is -0.377. The maximum atomic E-state index is 13.6. The molecular weight excluding hydrogens is 273 g/mol. The van der Waals surface area contributed by atoms with Gasteiger partial charge in [0.15, 0.2) is 0 Å². The lowest BCUT2D eigenvalue weighted by Gasteiger charge is -2.28. The third-order valence-corrected chi connectivity index (χ3v) is 3.43. The van der Waals surface area contributed by atoms with E-state index in [1.54, 1.807) is 12.1 Å². The van der Waals surface area contributed by atoms with Gasteiger partial charge in [-0.15, -0.1) is 0 Å². The first-order chi connectivity index (χ1) is 7.68. The van der Waals surface area contributed by atoms with Crippen molar-refractivity contribution in [2.75, 3.05) is 6.61 Å². The second-order valence-corrected chi connectivity index (χ2v) is 5.01. The van der Waals surface area contributed by atoms with Crippen LogP contribution in [0.4, 0.5) is 4.39 Å². The lowest BCUT2D eigenvalue weighted by Crippen LogP contribution is -2.32.